The molecule has 17 nitrogen and oxygen atoms in total. The largest absolute Gasteiger partial charge is 0.460 e. The molecule has 0 unspecified atom stereocenters. The topological polar surface area (TPSA) is 242 Å². The van der Waals surface area contributed by atoms with E-state index in [2.05, 4.69) is 0 Å². The van der Waals surface area contributed by atoms with Gasteiger partial charge in [-0.2, -0.15) is 0 Å². The quantitative estimate of drug-likeness (QED) is 0.116. The van der Waals surface area contributed by atoms with Gasteiger partial charge in [-0.05, 0) is 114 Å². The number of aliphatic hydroxyl groups is 4. The third-order valence-electron chi connectivity index (χ3n) is 15.9. The molecular formula is C56H87NO16. The van der Waals surface area contributed by atoms with Crippen molar-refractivity contribution < 1.29 is 77.6 Å². The van der Waals surface area contributed by atoms with Crippen LogP contribution in [0.2, 0.25) is 0 Å². The van der Waals surface area contributed by atoms with Gasteiger partial charge in [0.25, 0.3) is 11.7 Å². The molecule has 3 heterocycles. The molecule has 3 fully saturated rings. The van der Waals surface area contributed by atoms with Crippen molar-refractivity contribution in [2.75, 3.05) is 41.1 Å². The van der Waals surface area contributed by atoms with Crippen LogP contribution >= 0.6 is 0 Å². The minimum Gasteiger partial charge on any atom is -0.460 e. The summed E-state index contributed by atoms with van der Waals surface area (Å²) in [6.45, 7) is 12.7. The molecule has 1 aliphatic carbocycles. The number of piperidine rings is 1. The Balaban J connectivity index is 1.69. The molecule has 17 heteroatoms. The van der Waals surface area contributed by atoms with E-state index >= 15 is 0 Å². The molecule has 2 saturated heterocycles. The molecule has 412 valence electrons. The molecule has 0 spiro atoms. The number of nitrogens with zero attached hydrogens (tertiary/aromatic N) is 1. The van der Waals surface area contributed by atoms with E-state index in [0.29, 0.717) is 69.8 Å². The number of ketones is 3. The first-order valence-electron chi connectivity index (χ1n) is 26.4. The first-order chi connectivity index (χ1) is 34.5. The van der Waals surface area contributed by atoms with Gasteiger partial charge in [-0.1, -0.05) is 71.1 Å². The average Bonchev–Trinajstić information content (AvgIpc) is 3.37. The number of carbonyl (C=O) groups excluding carboxylic acids is 6. The van der Waals surface area contributed by atoms with E-state index in [-0.39, 0.29) is 42.8 Å². The Morgan fingerprint density at radius 2 is 1.56 bits per heavy atom. The van der Waals surface area contributed by atoms with Crippen molar-refractivity contribution in [1.82, 2.24) is 4.90 Å². The van der Waals surface area contributed by atoms with Crippen molar-refractivity contribution in [2.45, 2.75) is 187 Å². The van der Waals surface area contributed by atoms with Gasteiger partial charge in [0.05, 0.1) is 31.5 Å². The van der Waals surface area contributed by atoms with Crippen molar-refractivity contribution in [1.29, 1.82) is 0 Å². The molecule has 4 N–H and O–H groups in total. The number of aliphatic hydroxyl groups excluding tert-OH is 3. The van der Waals surface area contributed by atoms with Crippen LogP contribution in [0, 0.1) is 40.9 Å². The molecule has 0 radical (unpaired) electrons. The molecule has 2 bridgehead atoms. The number of hydrogen-bond donors (Lipinski definition) is 4. The molecule has 0 aromatic carbocycles. The zero-order chi connectivity index (χ0) is 54.4. The summed E-state index contributed by atoms with van der Waals surface area (Å²) in [6.07, 6.45) is 9.76. The second-order valence-electron chi connectivity index (χ2n) is 21.8. The molecule has 1 amide bonds. The maximum Gasteiger partial charge on any atom is 0.329 e. The zero-order valence-electron chi connectivity index (χ0n) is 45.3. The van der Waals surface area contributed by atoms with Crippen LogP contribution in [0.1, 0.15) is 132 Å². The highest BCUT2D eigenvalue weighted by Gasteiger charge is 2.53. The predicted molar refractivity (Wildman–Crippen MR) is 271 cm³/mol. The van der Waals surface area contributed by atoms with Crippen LogP contribution in [-0.2, 0) is 57.2 Å². The fourth-order valence-corrected chi connectivity index (χ4v) is 10.7. The van der Waals surface area contributed by atoms with Gasteiger partial charge in [-0.3, -0.25) is 24.0 Å². The lowest BCUT2D eigenvalue weighted by atomic mass is 9.78. The van der Waals surface area contributed by atoms with Crippen LogP contribution in [0.3, 0.4) is 0 Å². The van der Waals surface area contributed by atoms with E-state index in [0.717, 1.165) is 10.5 Å². The first kappa shape index (κ1) is 61.6. The average molecular weight is 1030 g/mol. The van der Waals surface area contributed by atoms with E-state index in [1.807, 2.05) is 51.2 Å². The normalized spacial score (nSPS) is 35.1. The van der Waals surface area contributed by atoms with Crippen molar-refractivity contribution in [3.63, 3.8) is 0 Å². The Labute approximate surface area is 433 Å². The van der Waals surface area contributed by atoms with Crippen molar-refractivity contribution >= 4 is 35.2 Å². The third kappa shape index (κ3) is 16.0. The van der Waals surface area contributed by atoms with E-state index in [4.69, 9.17) is 28.4 Å². The highest BCUT2D eigenvalue weighted by atomic mass is 16.6. The molecule has 73 heavy (non-hydrogen) atoms. The minimum absolute atomic E-state index is 0.00697. The van der Waals surface area contributed by atoms with Crippen LogP contribution < -0.4 is 0 Å². The highest BCUT2D eigenvalue weighted by molar-refractivity contribution is 6.39. The Kier molecular flexibility index (Phi) is 23.9. The lowest BCUT2D eigenvalue weighted by Crippen LogP contribution is -2.61. The van der Waals surface area contributed by atoms with Crippen molar-refractivity contribution in [3.8, 4) is 0 Å². The summed E-state index contributed by atoms with van der Waals surface area (Å²) in [6, 6.07) is -1.20. The van der Waals surface area contributed by atoms with Gasteiger partial charge in [0.15, 0.2) is 5.78 Å². The van der Waals surface area contributed by atoms with E-state index in [9.17, 15) is 49.2 Å². The van der Waals surface area contributed by atoms with Crippen LogP contribution in [0.4, 0.5) is 0 Å². The van der Waals surface area contributed by atoms with Crippen LogP contribution in [-0.4, -0.2) is 156 Å². The summed E-state index contributed by atoms with van der Waals surface area (Å²) < 4.78 is 35.4. The number of methoxy groups -OCH3 is 3. The van der Waals surface area contributed by atoms with Gasteiger partial charge in [0.2, 0.25) is 5.79 Å². The smallest absolute Gasteiger partial charge is 0.329 e. The standard InChI is InChI=1S/C56H87NO16/c1-33-17-13-12-14-18-34(2)45(68-9)29-41-22-20-39(7)56(67,73-41)51(63)52(64)57-24-16-15-19-42(57)53(65)71-46(30-43(60)35(3)26-38(6)49(62)50(70-11)48(61)37(5)25-33)36(4)27-40-21-23-44(47(28-40)69-10)72-54(66)55(8,31-58)32-59/h12-14,17-18,26,33,35-37,39-42,44-47,49-50,58-59,62,67H,15-16,19-25,27-32H2,1-11H3/t33-,35-,36-,37-,39-,40+,41+,42-,44+,45+,46+,47-,49-,50+,56-/m1/s1. The van der Waals surface area contributed by atoms with E-state index in [1.165, 1.54) is 21.1 Å². The number of Topliss-reactive ketones (excluding diaryl/α,β-unsaturated/α-hetero) is 3. The number of rotatable bonds is 10. The predicted octanol–water partition coefficient (Wildman–Crippen LogP) is 5.72. The molecule has 1 saturated carbocycles. The van der Waals surface area contributed by atoms with Crippen LogP contribution in [0.15, 0.2) is 47.6 Å². The lowest BCUT2D eigenvalue weighted by molar-refractivity contribution is -0.265. The van der Waals surface area contributed by atoms with Gasteiger partial charge in [-0.15, -0.1) is 0 Å². The van der Waals surface area contributed by atoms with Crippen LogP contribution in [0.25, 0.3) is 0 Å². The Hall–Kier alpha value is -3.94. The summed E-state index contributed by atoms with van der Waals surface area (Å²) >= 11 is 0. The molecular weight excluding hydrogens is 943 g/mol. The first-order valence-corrected chi connectivity index (χ1v) is 26.4. The zero-order valence-corrected chi connectivity index (χ0v) is 45.3. The number of carbonyl (C=O) groups is 6. The molecule has 4 rings (SSSR count). The molecule has 3 aliphatic heterocycles. The van der Waals surface area contributed by atoms with Gasteiger partial charge in [0, 0.05) is 58.5 Å². The van der Waals surface area contributed by atoms with Crippen molar-refractivity contribution in [2.24, 2.45) is 40.9 Å². The van der Waals surface area contributed by atoms with Gasteiger partial charge >= 0.3 is 11.9 Å². The summed E-state index contributed by atoms with van der Waals surface area (Å²) in [7, 11) is 4.43. The Bertz CT molecular complexity index is 2010. The van der Waals surface area contributed by atoms with E-state index < -0.39 is 120 Å². The second kappa shape index (κ2) is 28.3. The van der Waals surface area contributed by atoms with Crippen molar-refractivity contribution in [3.05, 3.63) is 47.6 Å². The third-order valence-corrected chi connectivity index (χ3v) is 15.9. The molecule has 0 aromatic heterocycles. The number of amides is 1. The van der Waals surface area contributed by atoms with Gasteiger partial charge in [0.1, 0.15) is 41.7 Å². The second-order valence-corrected chi connectivity index (χ2v) is 21.8. The highest BCUT2D eigenvalue weighted by Crippen LogP contribution is 2.38. The number of cyclic esters (lactones) is 1. The summed E-state index contributed by atoms with van der Waals surface area (Å²) in [5.41, 5.74) is -0.277. The van der Waals surface area contributed by atoms with E-state index in [1.54, 1.807) is 40.9 Å². The fraction of sp³-hybridized carbons (Fsp3) is 0.750. The summed E-state index contributed by atoms with van der Waals surface area (Å²) in [5.74, 6) is -9.36. The Morgan fingerprint density at radius 3 is 2.21 bits per heavy atom. The Morgan fingerprint density at radius 1 is 0.863 bits per heavy atom. The van der Waals surface area contributed by atoms with Gasteiger partial charge in [-0.25, -0.2) is 4.79 Å². The lowest BCUT2D eigenvalue weighted by Gasteiger charge is -2.42. The fourth-order valence-electron chi connectivity index (χ4n) is 10.7. The maximum absolute atomic E-state index is 14.5. The monoisotopic (exact) mass is 1030 g/mol. The van der Waals surface area contributed by atoms with Gasteiger partial charge < -0.3 is 53.7 Å². The molecule has 4 aliphatic rings. The summed E-state index contributed by atoms with van der Waals surface area (Å²) in [5, 5.41) is 43.1. The number of ether oxygens (including phenoxy) is 6. The number of hydrogen-bond acceptors (Lipinski definition) is 16. The van der Waals surface area contributed by atoms with Crippen LogP contribution in [0.5, 0.6) is 0 Å². The minimum atomic E-state index is -2.47. The maximum atomic E-state index is 14.5. The number of allylic oxidation sites excluding steroid dienone is 6. The molecule has 15 atom stereocenters. The SMILES string of the molecule is CO[C@H]1C[C@@H]2CC[C@@H](C)[C@@](O)(O2)C(=O)C(=O)N2CCCC[C@@H]2C(=O)O[C@H]([C@H](C)C[C@@H]2CC[C@H](OC(=O)C(C)(CO)CO)[C@H](OC)C2)CC(=O)[C@H](C)C=C(C)[C@@H](O)[C@@H](OC)C(=O)[C@H](C)C[C@H](C)C=CC=CC=C1C. The molecule has 0 aromatic rings. The summed E-state index contributed by atoms with van der Waals surface area (Å²) in [4.78, 5) is 85.4. The number of fused-ring (bicyclic) bond motifs is 3. The number of esters is 2.